The predicted octanol–water partition coefficient (Wildman–Crippen LogP) is 2.93. The van der Waals surface area contributed by atoms with Gasteiger partial charge in [-0.1, -0.05) is 17.7 Å². The summed E-state index contributed by atoms with van der Waals surface area (Å²) >= 11 is 5.74. The fourth-order valence-electron chi connectivity index (χ4n) is 1.64. The SMILES string of the molecule is COC(=O)c1cccc(S(=O)(=O)Nc2ccc(Cl)cc2)c1. The van der Waals surface area contributed by atoms with Gasteiger partial charge in [-0.2, -0.15) is 0 Å². The van der Waals surface area contributed by atoms with Crippen LogP contribution in [0.25, 0.3) is 0 Å². The first-order valence-corrected chi connectivity index (χ1v) is 7.75. The van der Waals surface area contributed by atoms with E-state index in [9.17, 15) is 13.2 Å². The van der Waals surface area contributed by atoms with Crippen molar-refractivity contribution in [3.8, 4) is 0 Å². The third-order valence-electron chi connectivity index (χ3n) is 2.66. The first-order valence-electron chi connectivity index (χ1n) is 5.89. The van der Waals surface area contributed by atoms with Crippen molar-refractivity contribution in [2.45, 2.75) is 4.90 Å². The molecule has 7 heteroatoms. The molecule has 0 unspecified atom stereocenters. The molecule has 0 aromatic heterocycles. The van der Waals surface area contributed by atoms with E-state index < -0.39 is 16.0 Å². The average molecular weight is 326 g/mol. The molecule has 2 aromatic carbocycles. The number of halogens is 1. The van der Waals surface area contributed by atoms with Gasteiger partial charge in [-0.25, -0.2) is 13.2 Å². The number of nitrogens with one attached hydrogen (secondary N) is 1. The Kier molecular flexibility index (Phi) is 4.50. The van der Waals surface area contributed by atoms with Crippen LogP contribution in [0.1, 0.15) is 10.4 Å². The van der Waals surface area contributed by atoms with Crippen LogP contribution in [0.3, 0.4) is 0 Å². The molecule has 0 aliphatic rings. The van der Waals surface area contributed by atoms with Gasteiger partial charge in [0.05, 0.1) is 17.6 Å². The molecule has 0 radical (unpaired) electrons. The van der Waals surface area contributed by atoms with E-state index in [0.717, 1.165) is 0 Å². The molecule has 0 atom stereocenters. The largest absolute Gasteiger partial charge is 0.465 e. The molecular formula is C14H12ClNO4S. The highest BCUT2D eigenvalue weighted by Gasteiger charge is 2.16. The smallest absolute Gasteiger partial charge is 0.337 e. The Balaban J connectivity index is 2.31. The zero-order chi connectivity index (χ0) is 15.5. The maximum atomic E-state index is 12.3. The standard InChI is InChI=1S/C14H12ClNO4S/c1-20-14(17)10-3-2-4-13(9-10)21(18,19)16-12-7-5-11(15)6-8-12/h2-9,16H,1H3. The lowest BCUT2D eigenvalue weighted by atomic mass is 10.2. The first kappa shape index (κ1) is 15.3. The van der Waals surface area contributed by atoms with Crippen molar-refractivity contribution >= 4 is 33.3 Å². The summed E-state index contributed by atoms with van der Waals surface area (Å²) < 4.78 is 31.5. The molecule has 2 rings (SSSR count). The molecule has 0 heterocycles. The van der Waals surface area contributed by atoms with E-state index in [1.165, 1.54) is 31.4 Å². The van der Waals surface area contributed by atoms with Gasteiger partial charge in [0.15, 0.2) is 0 Å². The molecule has 5 nitrogen and oxygen atoms in total. The van der Waals surface area contributed by atoms with E-state index in [-0.39, 0.29) is 10.5 Å². The van der Waals surface area contributed by atoms with Crippen molar-refractivity contribution in [1.82, 2.24) is 0 Å². The van der Waals surface area contributed by atoms with Crippen molar-refractivity contribution in [3.05, 3.63) is 59.1 Å². The van der Waals surface area contributed by atoms with Gasteiger partial charge < -0.3 is 4.74 Å². The van der Waals surface area contributed by atoms with Gasteiger partial charge in [-0.3, -0.25) is 4.72 Å². The predicted molar refractivity (Wildman–Crippen MR) is 80.0 cm³/mol. The Morgan fingerprint density at radius 2 is 1.81 bits per heavy atom. The molecule has 0 saturated heterocycles. The fraction of sp³-hybridized carbons (Fsp3) is 0.0714. The molecule has 0 saturated carbocycles. The number of benzene rings is 2. The summed E-state index contributed by atoms with van der Waals surface area (Å²) in [5.41, 5.74) is 0.541. The molecule has 0 aliphatic heterocycles. The minimum atomic E-state index is -3.79. The van der Waals surface area contributed by atoms with E-state index >= 15 is 0 Å². The number of methoxy groups -OCH3 is 1. The highest BCUT2D eigenvalue weighted by Crippen LogP contribution is 2.19. The summed E-state index contributed by atoms with van der Waals surface area (Å²) in [6, 6.07) is 11.8. The number of rotatable bonds is 4. The quantitative estimate of drug-likeness (QED) is 0.877. The van der Waals surface area contributed by atoms with E-state index in [4.69, 9.17) is 11.6 Å². The van der Waals surface area contributed by atoms with Crippen molar-refractivity contribution in [2.75, 3.05) is 11.8 Å². The molecule has 0 bridgehead atoms. The number of ether oxygens (including phenoxy) is 1. The Bertz CT molecular complexity index is 757. The van der Waals surface area contributed by atoms with Gasteiger partial charge in [0.2, 0.25) is 0 Å². The highest BCUT2D eigenvalue weighted by molar-refractivity contribution is 7.92. The van der Waals surface area contributed by atoms with Crippen LogP contribution in [0.5, 0.6) is 0 Å². The minimum absolute atomic E-state index is 0.0275. The zero-order valence-corrected chi connectivity index (χ0v) is 12.6. The third kappa shape index (κ3) is 3.74. The normalized spacial score (nSPS) is 11.0. The van der Waals surface area contributed by atoms with Crippen molar-refractivity contribution in [2.24, 2.45) is 0 Å². The number of carbonyl (C=O) groups excluding carboxylic acids is 1. The summed E-state index contributed by atoms with van der Waals surface area (Å²) in [6.45, 7) is 0. The number of sulfonamides is 1. The fourth-order valence-corrected chi connectivity index (χ4v) is 2.87. The van der Waals surface area contributed by atoms with Gasteiger partial charge in [-0.05, 0) is 42.5 Å². The second-order valence-electron chi connectivity index (χ2n) is 4.13. The molecule has 0 fully saturated rings. The summed E-state index contributed by atoms with van der Waals surface area (Å²) in [4.78, 5) is 11.4. The molecule has 0 spiro atoms. The number of hydrogen-bond acceptors (Lipinski definition) is 4. The van der Waals surface area contributed by atoms with Gasteiger partial charge in [-0.15, -0.1) is 0 Å². The molecule has 110 valence electrons. The van der Waals surface area contributed by atoms with Crippen molar-refractivity contribution in [3.63, 3.8) is 0 Å². The summed E-state index contributed by atoms with van der Waals surface area (Å²) in [7, 11) is -2.56. The lowest BCUT2D eigenvalue weighted by molar-refractivity contribution is 0.0600. The topological polar surface area (TPSA) is 72.5 Å². The summed E-state index contributed by atoms with van der Waals surface area (Å²) in [5, 5.41) is 0.505. The van der Waals surface area contributed by atoms with Gasteiger partial charge in [0.1, 0.15) is 0 Å². The summed E-state index contributed by atoms with van der Waals surface area (Å²) in [5.74, 6) is -0.599. The molecule has 0 aliphatic carbocycles. The maximum absolute atomic E-state index is 12.3. The highest BCUT2D eigenvalue weighted by atomic mass is 35.5. The second-order valence-corrected chi connectivity index (χ2v) is 6.25. The molecule has 0 amide bonds. The Hall–Kier alpha value is -2.05. The van der Waals surface area contributed by atoms with Crippen LogP contribution in [-0.2, 0) is 14.8 Å². The van der Waals surface area contributed by atoms with Gasteiger partial charge in [0.25, 0.3) is 10.0 Å². The van der Waals surface area contributed by atoms with E-state index in [2.05, 4.69) is 9.46 Å². The molecule has 1 N–H and O–H groups in total. The van der Waals surface area contributed by atoms with Crippen LogP contribution in [0, 0.1) is 0 Å². The number of hydrogen-bond donors (Lipinski definition) is 1. The number of esters is 1. The van der Waals surface area contributed by atoms with Crippen molar-refractivity contribution < 1.29 is 17.9 Å². The minimum Gasteiger partial charge on any atom is -0.465 e. The van der Waals surface area contributed by atoms with Crippen LogP contribution in [0.15, 0.2) is 53.4 Å². The lowest BCUT2D eigenvalue weighted by Crippen LogP contribution is -2.13. The molecular weight excluding hydrogens is 314 g/mol. The molecule has 2 aromatic rings. The Morgan fingerprint density at radius 3 is 2.43 bits per heavy atom. The van der Waals surface area contributed by atoms with Crippen LogP contribution in [-0.4, -0.2) is 21.5 Å². The van der Waals surface area contributed by atoms with E-state index in [0.29, 0.717) is 10.7 Å². The van der Waals surface area contributed by atoms with E-state index in [1.54, 1.807) is 24.3 Å². The Morgan fingerprint density at radius 1 is 1.14 bits per heavy atom. The maximum Gasteiger partial charge on any atom is 0.337 e. The van der Waals surface area contributed by atoms with Gasteiger partial charge >= 0.3 is 5.97 Å². The first-order chi connectivity index (χ1) is 9.92. The number of carbonyl (C=O) groups is 1. The monoisotopic (exact) mass is 325 g/mol. The van der Waals surface area contributed by atoms with Crippen LogP contribution < -0.4 is 4.72 Å². The van der Waals surface area contributed by atoms with Crippen LogP contribution in [0.4, 0.5) is 5.69 Å². The Labute approximate surface area is 127 Å². The van der Waals surface area contributed by atoms with Crippen LogP contribution in [0.2, 0.25) is 5.02 Å². The lowest BCUT2D eigenvalue weighted by Gasteiger charge is -2.09. The second kappa shape index (κ2) is 6.15. The van der Waals surface area contributed by atoms with E-state index in [1.807, 2.05) is 0 Å². The summed E-state index contributed by atoms with van der Waals surface area (Å²) in [6.07, 6.45) is 0. The average Bonchev–Trinajstić information content (AvgIpc) is 2.49. The molecule has 21 heavy (non-hydrogen) atoms. The van der Waals surface area contributed by atoms with Crippen molar-refractivity contribution in [1.29, 1.82) is 0 Å². The third-order valence-corrected chi connectivity index (χ3v) is 4.29. The van der Waals surface area contributed by atoms with Crippen LogP contribution >= 0.6 is 11.6 Å². The zero-order valence-electron chi connectivity index (χ0n) is 11.0. The van der Waals surface area contributed by atoms with Gasteiger partial charge in [0, 0.05) is 10.7 Å². The number of anilines is 1.